The number of hydrogen-bond acceptors (Lipinski definition) is 3. The zero-order valence-electron chi connectivity index (χ0n) is 8.38. The summed E-state index contributed by atoms with van der Waals surface area (Å²) in [7, 11) is 0. The quantitative estimate of drug-likeness (QED) is 0.779. The van der Waals surface area contributed by atoms with Gasteiger partial charge in [0.25, 0.3) is 0 Å². The molecule has 0 aliphatic heterocycles. The van der Waals surface area contributed by atoms with Crippen LogP contribution in [0.5, 0.6) is 5.75 Å². The fourth-order valence-electron chi connectivity index (χ4n) is 0.972. The Hall–Kier alpha value is -0.640. The van der Waals surface area contributed by atoms with Crippen LogP contribution in [-0.4, -0.2) is 18.1 Å². The maximum Gasteiger partial charge on any atom is 0.404 e. The smallest absolute Gasteiger partial charge is 0.404 e. The van der Waals surface area contributed by atoms with Gasteiger partial charge in [-0.15, -0.1) is 0 Å². The van der Waals surface area contributed by atoms with Crippen molar-refractivity contribution in [2.75, 3.05) is 6.61 Å². The molecule has 0 aliphatic carbocycles. The summed E-state index contributed by atoms with van der Waals surface area (Å²) in [5.74, 6) is 0.548. The number of benzene rings is 1. The first kappa shape index (κ1) is 13.4. The molecule has 3 nitrogen and oxygen atoms in total. The predicted molar refractivity (Wildman–Crippen MR) is 63.8 cm³/mol. The van der Waals surface area contributed by atoms with Gasteiger partial charge in [-0.25, -0.2) is 4.79 Å². The maximum absolute atomic E-state index is 10.4. The van der Waals surface area contributed by atoms with Gasteiger partial charge in [0, 0.05) is 17.7 Å². The maximum atomic E-state index is 10.4. The summed E-state index contributed by atoms with van der Waals surface area (Å²) < 4.78 is 9.99. The third kappa shape index (κ3) is 4.47. The Morgan fingerprint density at radius 3 is 2.62 bits per heavy atom. The molecule has 6 heteroatoms. The fraction of sp³-hybridized carbons (Fsp3) is 0.300. The van der Waals surface area contributed by atoms with Gasteiger partial charge in [-0.3, -0.25) is 0 Å². The lowest BCUT2D eigenvalue weighted by Crippen LogP contribution is -2.19. The van der Waals surface area contributed by atoms with E-state index in [1.807, 2.05) is 0 Å². The minimum Gasteiger partial charge on any atom is -0.490 e. The third-order valence-corrected chi connectivity index (χ3v) is 2.50. The van der Waals surface area contributed by atoms with Gasteiger partial charge in [0.15, 0.2) is 0 Å². The zero-order valence-corrected chi connectivity index (χ0v) is 10.6. The number of halogens is 3. The van der Waals surface area contributed by atoms with Crippen LogP contribution in [0.1, 0.15) is 6.92 Å². The molecule has 0 saturated heterocycles. The van der Waals surface area contributed by atoms with Crippen LogP contribution in [0.4, 0.5) is 4.79 Å². The lowest BCUT2D eigenvalue weighted by atomic mass is 10.3. The molecule has 0 bridgehead atoms. The van der Waals surface area contributed by atoms with E-state index in [0.717, 1.165) is 0 Å². The molecule has 0 fully saturated rings. The van der Waals surface area contributed by atoms with E-state index in [4.69, 9.17) is 39.5 Å². The molecule has 0 amide bonds. The summed E-state index contributed by atoms with van der Waals surface area (Å²) >= 11 is 16.6. The molecular weight excluding hydrogens is 274 g/mol. The van der Waals surface area contributed by atoms with E-state index in [2.05, 4.69) is 4.74 Å². The second kappa shape index (κ2) is 6.18. The van der Waals surface area contributed by atoms with Crippen molar-refractivity contribution in [1.29, 1.82) is 0 Å². The second-order valence-corrected chi connectivity index (χ2v) is 4.18. The first-order valence-electron chi connectivity index (χ1n) is 4.43. The number of hydrogen-bond donors (Lipinski definition) is 0. The van der Waals surface area contributed by atoms with Crippen LogP contribution < -0.4 is 4.74 Å². The van der Waals surface area contributed by atoms with Gasteiger partial charge in [-0.1, -0.05) is 23.2 Å². The Morgan fingerprint density at radius 2 is 2.06 bits per heavy atom. The number of ether oxygens (including phenoxy) is 2. The van der Waals surface area contributed by atoms with Crippen LogP contribution >= 0.6 is 34.8 Å². The summed E-state index contributed by atoms with van der Waals surface area (Å²) in [6.07, 6.45) is -0.431. The molecule has 0 radical (unpaired) electrons. The monoisotopic (exact) mass is 282 g/mol. The Morgan fingerprint density at radius 1 is 1.38 bits per heavy atom. The van der Waals surface area contributed by atoms with Gasteiger partial charge in [0.2, 0.25) is 0 Å². The Kier molecular flexibility index (Phi) is 5.19. The largest absolute Gasteiger partial charge is 0.490 e. The summed E-state index contributed by atoms with van der Waals surface area (Å²) in [4.78, 5) is 10.4. The first-order valence-corrected chi connectivity index (χ1v) is 5.56. The van der Waals surface area contributed by atoms with Gasteiger partial charge in [0.05, 0.1) is 10.0 Å². The lowest BCUT2D eigenvalue weighted by molar-refractivity contribution is 0.0937. The number of carbonyl (C=O) groups is 1. The van der Waals surface area contributed by atoms with E-state index in [9.17, 15) is 4.79 Å². The highest BCUT2D eigenvalue weighted by Gasteiger charge is 2.08. The van der Waals surface area contributed by atoms with Crippen molar-refractivity contribution in [3.05, 3.63) is 28.2 Å². The first-order chi connectivity index (χ1) is 7.49. The van der Waals surface area contributed by atoms with Crippen LogP contribution in [0.2, 0.25) is 10.0 Å². The Labute approximate surface area is 108 Å². The van der Waals surface area contributed by atoms with Gasteiger partial charge >= 0.3 is 5.43 Å². The molecule has 0 spiro atoms. The molecule has 0 aliphatic rings. The Balaban J connectivity index is 2.48. The third-order valence-electron chi connectivity index (χ3n) is 1.67. The van der Waals surface area contributed by atoms with E-state index >= 15 is 0 Å². The predicted octanol–water partition coefficient (Wildman–Crippen LogP) is 4.14. The average Bonchev–Trinajstić information content (AvgIpc) is 2.19. The summed E-state index contributed by atoms with van der Waals surface area (Å²) in [5.41, 5.74) is -0.856. The van der Waals surface area contributed by atoms with Crippen molar-refractivity contribution in [2.24, 2.45) is 0 Å². The fourth-order valence-corrected chi connectivity index (χ4v) is 1.41. The molecule has 0 aromatic heterocycles. The van der Waals surface area contributed by atoms with Crippen molar-refractivity contribution in [3.63, 3.8) is 0 Å². The standard InChI is InChI=1S/C10H9Cl3O3/c1-6(16-10(13)14)5-15-7-2-3-8(11)9(12)4-7/h2-4,6H,5H2,1H3. The molecule has 16 heavy (non-hydrogen) atoms. The van der Waals surface area contributed by atoms with Crippen LogP contribution in [-0.2, 0) is 4.74 Å². The van der Waals surface area contributed by atoms with Gasteiger partial charge in [-0.05, 0) is 19.1 Å². The lowest BCUT2D eigenvalue weighted by Gasteiger charge is -2.12. The van der Waals surface area contributed by atoms with Crippen LogP contribution in [0.15, 0.2) is 18.2 Å². The number of rotatable bonds is 4. The number of carbonyl (C=O) groups excluding carboxylic acids is 1. The highest BCUT2D eigenvalue weighted by molar-refractivity contribution is 6.61. The van der Waals surface area contributed by atoms with Gasteiger partial charge in [0.1, 0.15) is 18.5 Å². The van der Waals surface area contributed by atoms with E-state index in [0.29, 0.717) is 15.8 Å². The highest BCUT2D eigenvalue weighted by Crippen LogP contribution is 2.26. The van der Waals surface area contributed by atoms with E-state index in [1.54, 1.807) is 25.1 Å². The zero-order chi connectivity index (χ0) is 12.1. The minimum absolute atomic E-state index is 0.191. The Bertz CT molecular complexity index is 382. The molecule has 1 aromatic rings. The van der Waals surface area contributed by atoms with Crippen molar-refractivity contribution >= 4 is 40.2 Å². The van der Waals surface area contributed by atoms with Crippen LogP contribution in [0.25, 0.3) is 0 Å². The molecule has 1 aromatic carbocycles. The van der Waals surface area contributed by atoms with E-state index < -0.39 is 11.5 Å². The van der Waals surface area contributed by atoms with E-state index in [-0.39, 0.29) is 6.61 Å². The van der Waals surface area contributed by atoms with Crippen molar-refractivity contribution in [2.45, 2.75) is 13.0 Å². The van der Waals surface area contributed by atoms with Crippen molar-refractivity contribution < 1.29 is 14.3 Å². The van der Waals surface area contributed by atoms with Gasteiger partial charge in [-0.2, -0.15) is 0 Å². The SMILES string of the molecule is CC(COc1ccc(Cl)c(Cl)c1)OC(=O)Cl. The van der Waals surface area contributed by atoms with Crippen LogP contribution in [0, 0.1) is 0 Å². The molecule has 0 saturated carbocycles. The molecule has 0 heterocycles. The normalized spacial score (nSPS) is 12.0. The van der Waals surface area contributed by atoms with Crippen LogP contribution in [0.3, 0.4) is 0 Å². The van der Waals surface area contributed by atoms with Crippen molar-refractivity contribution in [1.82, 2.24) is 0 Å². The summed E-state index contributed by atoms with van der Waals surface area (Å²) in [6.45, 7) is 1.86. The molecule has 1 rings (SSSR count). The molecule has 0 N–H and O–H groups in total. The minimum atomic E-state index is -0.856. The topological polar surface area (TPSA) is 35.5 Å². The van der Waals surface area contributed by atoms with Gasteiger partial charge < -0.3 is 9.47 Å². The highest BCUT2D eigenvalue weighted by atomic mass is 35.5. The molecular formula is C10H9Cl3O3. The summed E-state index contributed by atoms with van der Waals surface area (Å²) in [5, 5.41) is 0.857. The molecule has 1 unspecified atom stereocenters. The average molecular weight is 284 g/mol. The molecule has 1 atom stereocenters. The van der Waals surface area contributed by atoms with E-state index in [1.165, 1.54) is 0 Å². The van der Waals surface area contributed by atoms with Crippen molar-refractivity contribution in [3.8, 4) is 5.75 Å². The second-order valence-electron chi connectivity index (χ2n) is 3.05. The molecule has 88 valence electrons. The summed E-state index contributed by atoms with van der Waals surface area (Å²) in [6, 6.07) is 4.88.